The maximum absolute atomic E-state index is 15.0. The fraction of sp³-hybridized carbons (Fsp3) is 0.943. The summed E-state index contributed by atoms with van der Waals surface area (Å²) in [4.78, 5) is 15.0. The number of fused-ring (bicyclic) bond motifs is 7. The highest BCUT2D eigenvalue weighted by atomic mass is 16.8. The van der Waals surface area contributed by atoms with Gasteiger partial charge < -0.3 is 109 Å². The molecule has 4 saturated heterocycles. The first kappa shape index (κ1) is 59.0. The lowest BCUT2D eigenvalue weighted by atomic mass is 9.33. The number of esters is 1. The Kier molecular flexibility index (Phi) is 16.5. The fourth-order valence-electron chi connectivity index (χ4n) is 16.1. The molecule has 5 aliphatic carbocycles. The van der Waals surface area contributed by atoms with E-state index >= 15 is 0 Å². The predicted molar refractivity (Wildman–Crippen MR) is 258 cm³/mol. The first-order valence-electron chi connectivity index (χ1n) is 27.3. The standard InChI is InChI=1S/C53H86O23/c1-47(2)13-15-52(46(67)76-43-39(65)41(66)53(68,23-71-43)22-70-42-37(63)35(61)33(59)27(18-54)72-42)16-14-50(5)24(25(52)17-47)7-8-30-48(3)11-10-31(49(4,21-56)29(48)9-12-51(30,50)6)74-45-40(32(58)26(57)20-69-45)75-44-38(64)36(62)34(60)28(19-55)73-44/h7,25-45,54-66,68H,8-23H2,1-6H3. The van der Waals surface area contributed by atoms with Crippen molar-refractivity contribution in [2.24, 2.45) is 50.2 Å². The summed E-state index contributed by atoms with van der Waals surface area (Å²) < 4.78 is 47.0. The van der Waals surface area contributed by atoms with Crippen LogP contribution in [0.2, 0.25) is 0 Å². The number of rotatable bonds is 12. The summed E-state index contributed by atoms with van der Waals surface area (Å²) in [6, 6.07) is 0. The van der Waals surface area contributed by atoms with Gasteiger partial charge in [0.25, 0.3) is 0 Å². The van der Waals surface area contributed by atoms with E-state index in [1.54, 1.807) is 0 Å². The molecule has 9 aliphatic rings. The molecular weight excluding hydrogens is 1000 g/mol. The Morgan fingerprint density at radius 3 is 1.93 bits per heavy atom. The lowest BCUT2D eigenvalue weighted by Gasteiger charge is -2.71. The van der Waals surface area contributed by atoms with Gasteiger partial charge in [0.15, 0.2) is 18.9 Å². The SMILES string of the molecule is CC1(C)CCC2(C(=O)OC3OCC(O)(COC4OC(CO)C(O)C(O)C4O)C(O)C3O)CCC3(C)C(=CCC4C5(C)CCC(OC6OCC(O)C(O)C6OC6OC(CO)C(O)C(O)C6O)C(C)(CO)C5CCC43C)C2C1. The minimum atomic E-state index is -2.30. The quantitative estimate of drug-likeness (QED) is 0.0549. The summed E-state index contributed by atoms with van der Waals surface area (Å²) in [7, 11) is 0. The topological polar surface area (TPSA) is 374 Å². The summed E-state index contributed by atoms with van der Waals surface area (Å²) in [5, 5.41) is 149. The smallest absolute Gasteiger partial charge is 0.315 e. The van der Waals surface area contributed by atoms with Crippen molar-refractivity contribution >= 4 is 5.97 Å². The molecule has 4 heterocycles. The van der Waals surface area contributed by atoms with Crippen molar-refractivity contribution in [1.29, 1.82) is 0 Å². The number of ether oxygens (including phenoxy) is 8. The molecule has 4 aliphatic heterocycles. The number of hydrogen-bond donors (Lipinski definition) is 14. The summed E-state index contributed by atoms with van der Waals surface area (Å²) >= 11 is 0. The molecule has 8 fully saturated rings. The van der Waals surface area contributed by atoms with Gasteiger partial charge in [0.2, 0.25) is 6.29 Å². The molecule has 27 unspecified atom stereocenters. The Balaban J connectivity index is 0.912. The van der Waals surface area contributed by atoms with Crippen molar-refractivity contribution < 1.29 is 114 Å². The van der Waals surface area contributed by atoms with Crippen LogP contribution in [0, 0.1) is 50.2 Å². The van der Waals surface area contributed by atoms with Crippen LogP contribution in [0.5, 0.6) is 0 Å². The van der Waals surface area contributed by atoms with Gasteiger partial charge in [0, 0.05) is 5.41 Å². The van der Waals surface area contributed by atoms with E-state index in [1.807, 2.05) is 6.92 Å². The molecule has 27 atom stereocenters. The van der Waals surface area contributed by atoms with Crippen LogP contribution in [-0.2, 0) is 42.7 Å². The molecule has 436 valence electrons. The van der Waals surface area contributed by atoms with Crippen molar-refractivity contribution in [1.82, 2.24) is 0 Å². The molecule has 0 aromatic heterocycles. The third kappa shape index (κ3) is 9.46. The van der Waals surface area contributed by atoms with Gasteiger partial charge in [-0.05, 0) is 104 Å². The van der Waals surface area contributed by atoms with Gasteiger partial charge in [-0.15, -0.1) is 0 Å². The lowest BCUT2D eigenvalue weighted by molar-refractivity contribution is -0.368. The Bertz CT molecular complexity index is 2100. The Hall–Kier alpha value is -1.63. The summed E-state index contributed by atoms with van der Waals surface area (Å²) in [5.74, 6) is -0.740. The highest BCUT2D eigenvalue weighted by Crippen LogP contribution is 2.76. The normalized spacial score (nSPS) is 54.3. The van der Waals surface area contributed by atoms with E-state index < -0.39 is 159 Å². The number of allylic oxidation sites excluding steroid dienone is 2. The maximum atomic E-state index is 15.0. The van der Waals surface area contributed by atoms with E-state index in [1.165, 1.54) is 5.57 Å². The molecule has 0 spiro atoms. The highest BCUT2D eigenvalue weighted by Gasteiger charge is 2.71. The number of hydrogen-bond acceptors (Lipinski definition) is 23. The molecule has 0 aromatic carbocycles. The van der Waals surface area contributed by atoms with E-state index in [9.17, 15) is 76.3 Å². The van der Waals surface area contributed by atoms with Crippen molar-refractivity contribution in [3.63, 3.8) is 0 Å². The summed E-state index contributed by atoms with van der Waals surface area (Å²) in [6.07, 6.45) is -19.4. The van der Waals surface area contributed by atoms with E-state index in [-0.39, 0.29) is 52.6 Å². The second-order valence-electron chi connectivity index (χ2n) is 25.9. The minimum absolute atomic E-state index is 0.0650. The van der Waals surface area contributed by atoms with Crippen LogP contribution in [0.15, 0.2) is 11.6 Å². The Labute approximate surface area is 442 Å². The van der Waals surface area contributed by atoms with Gasteiger partial charge in [-0.1, -0.05) is 53.2 Å². The average Bonchev–Trinajstić information content (AvgIpc) is 3.40. The zero-order valence-electron chi connectivity index (χ0n) is 44.5. The molecule has 76 heavy (non-hydrogen) atoms. The van der Waals surface area contributed by atoms with Gasteiger partial charge in [0.05, 0.1) is 51.2 Å². The zero-order chi connectivity index (χ0) is 55.5. The molecule has 23 heteroatoms. The fourth-order valence-corrected chi connectivity index (χ4v) is 16.1. The van der Waals surface area contributed by atoms with Crippen molar-refractivity contribution in [3.05, 3.63) is 11.6 Å². The van der Waals surface area contributed by atoms with Crippen molar-refractivity contribution in [2.45, 2.75) is 222 Å². The second kappa shape index (κ2) is 21.3. The highest BCUT2D eigenvalue weighted by molar-refractivity contribution is 5.79. The molecule has 4 saturated carbocycles. The van der Waals surface area contributed by atoms with Gasteiger partial charge in [0.1, 0.15) is 85.0 Å². The third-order valence-electron chi connectivity index (χ3n) is 21.2. The Morgan fingerprint density at radius 1 is 0.658 bits per heavy atom. The van der Waals surface area contributed by atoms with Crippen LogP contribution >= 0.6 is 0 Å². The second-order valence-corrected chi connectivity index (χ2v) is 25.9. The lowest BCUT2D eigenvalue weighted by Crippen LogP contribution is -2.67. The number of aliphatic hydroxyl groups is 14. The predicted octanol–water partition coefficient (Wildman–Crippen LogP) is -2.42. The molecule has 9 rings (SSSR count). The van der Waals surface area contributed by atoms with Crippen LogP contribution < -0.4 is 0 Å². The summed E-state index contributed by atoms with van der Waals surface area (Å²) in [6.45, 7) is 10.0. The monoisotopic (exact) mass is 1090 g/mol. The van der Waals surface area contributed by atoms with Crippen LogP contribution in [0.3, 0.4) is 0 Å². The van der Waals surface area contributed by atoms with Gasteiger partial charge in [-0.2, -0.15) is 0 Å². The van der Waals surface area contributed by atoms with E-state index in [4.69, 9.17) is 37.9 Å². The molecular formula is C53H86O23. The zero-order valence-corrected chi connectivity index (χ0v) is 44.5. The van der Waals surface area contributed by atoms with Crippen molar-refractivity contribution in [2.75, 3.05) is 39.6 Å². The number of carbonyl (C=O) groups is 1. The molecule has 23 nitrogen and oxygen atoms in total. The van der Waals surface area contributed by atoms with Gasteiger partial charge >= 0.3 is 5.97 Å². The van der Waals surface area contributed by atoms with Crippen LogP contribution in [0.4, 0.5) is 0 Å². The molecule has 0 amide bonds. The first-order valence-corrected chi connectivity index (χ1v) is 27.3. The van der Waals surface area contributed by atoms with Crippen LogP contribution in [0.25, 0.3) is 0 Å². The maximum Gasteiger partial charge on any atom is 0.315 e. The van der Waals surface area contributed by atoms with Gasteiger partial charge in [-0.3, -0.25) is 4.79 Å². The van der Waals surface area contributed by atoms with Crippen LogP contribution in [-0.4, -0.2) is 233 Å². The number of aliphatic hydroxyl groups excluding tert-OH is 13. The first-order chi connectivity index (χ1) is 35.6. The third-order valence-corrected chi connectivity index (χ3v) is 21.2. The van der Waals surface area contributed by atoms with E-state index in [0.29, 0.717) is 44.9 Å². The largest absolute Gasteiger partial charge is 0.432 e. The van der Waals surface area contributed by atoms with E-state index in [0.717, 1.165) is 19.3 Å². The molecule has 0 radical (unpaired) electrons. The van der Waals surface area contributed by atoms with E-state index in [2.05, 4.69) is 40.7 Å². The minimum Gasteiger partial charge on any atom is -0.432 e. The molecule has 0 bridgehead atoms. The van der Waals surface area contributed by atoms with Crippen LogP contribution in [0.1, 0.15) is 106 Å². The molecule has 0 aromatic rings. The Morgan fingerprint density at radius 2 is 1.29 bits per heavy atom. The van der Waals surface area contributed by atoms with Crippen molar-refractivity contribution in [3.8, 4) is 0 Å². The average molecular weight is 1090 g/mol. The summed E-state index contributed by atoms with van der Waals surface area (Å²) in [5.41, 5.74) is -4.03. The molecule has 14 N–H and O–H groups in total. The number of carbonyl (C=O) groups excluding carboxylic acids is 1. The van der Waals surface area contributed by atoms with Gasteiger partial charge in [-0.25, -0.2) is 0 Å².